The largest absolute Gasteiger partial charge is 0.302 e. The number of hydrogen-bond donors (Lipinski definition) is 1. The lowest BCUT2D eigenvalue weighted by molar-refractivity contribution is 0.135. The predicted octanol–water partition coefficient (Wildman–Crippen LogP) is 3.48. The van der Waals surface area contributed by atoms with E-state index >= 15 is 0 Å². The summed E-state index contributed by atoms with van der Waals surface area (Å²) in [4.78, 5) is 8.13. The van der Waals surface area contributed by atoms with Gasteiger partial charge in [0.05, 0.1) is 4.47 Å². The number of nitrogens with one attached hydrogen (secondary N) is 1. The van der Waals surface area contributed by atoms with Crippen LogP contribution in [0.5, 0.6) is 0 Å². The zero-order valence-electron chi connectivity index (χ0n) is 9.95. The lowest BCUT2D eigenvalue weighted by Gasteiger charge is -2.39. The topological polar surface area (TPSA) is 41.0 Å². The Kier molecular flexibility index (Phi) is 4.22. The van der Waals surface area contributed by atoms with Crippen LogP contribution >= 0.6 is 27.5 Å². The van der Waals surface area contributed by atoms with Crippen LogP contribution in [0.15, 0.2) is 10.8 Å². The first-order valence-electron chi connectivity index (χ1n) is 5.80. The van der Waals surface area contributed by atoms with Crippen molar-refractivity contribution in [3.8, 4) is 0 Å². The van der Waals surface area contributed by atoms with E-state index in [0.29, 0.717) is 21.7 Å². The zero-order valence-corrected chi connectivity index (χ0v) is 12.3. The summed E-state index contributed by atoms with van der Waals surface area (Å²) in [5.41, 5.74) is 3.34. The van der Waals surface area contributed by atoms with Gasteiger partial charge in [0.25, 0.3) is 0 Å². The summed E-state index contributed by atoms with van der Waals surface area (Å²) in [5, 5.41) is 2.67. The summed E-state index contributed by atoms with van der Waals surface area (Å²) in [6.07, 6.45) is 5.16. The van der Waals surface area contributed by atoms with Gasteiger partial charge >= 0.3 is 0 Å². The molecule has 0 aliphatic carbocycles. The molecule has 94 valence electrons. The fourth-order valence-corrected chi connectivity index (χ4v) is 2.62. The average molecular weight is 320 g/mol. The van der Waals surface area contributed by atoms with Crippen LogP contribution in [-0.2, 0) is 0 Å². The Morgan fingerprint density at radius 3 is 2.65 bits per heavy atom. The number of piperidine rings is 1. The maximum atomic E-state index is 5.95. The smallest absolute Gasteiger partial charge is 0.159 e. The number of anilines is 1. The summed E-state index contributed by atoms with van der Waals surface area (Å²) < 4.78 is 0.714. The van der Waals surface area contributed by atoms with Gasteiger partial charge in [-0.1, -0.05) is 18.0 Å². The number of halogens is 2. The normalized spacial score (nSPS) is 25.9. The molecule has 4 nitrogen and oxygen atoms in total. The minimum Gasteiger partial charge on any atom is -0.302 e. The summed E-state index contributed by atoms with van der Waals surface area (Å²) in [7, 11) is 0. The number of hydrogen-bond acceptors (Lipinski definition) is 4. The molecule has 1 saturated heterocycles. The summed E-state index contributed by atoms with van der Waals surface area (Å²) in [6, 6.07) is 0.999. The second-order valence-electron chi connectivity index (χ2n) is 4.48. The fraction of sp³-hybridized carbons (Fsp3) is 0.636. The van der Waals surface area contributed by atoms with E-state index in [4.69, 9.17) is 11.6 Å². The Bertz CT molecular complexity index is 391. The number of rotatable bonds is 2. The lowest BCUT2D eigenvalue weighted by atomic mass is 10.00. The molecule has 1 aromatic heterocycles. The number of nitrogens with zero attached hydrogens (tertiary/aromatic N) is 3. The van der Waals surface area contributed by atoms with E-state index in [-0.39, 0.29) is 0 Å². The minimum atomic E-state index is 0.430. The average Bonchev–Trinajstić information content (AvgIpc) is 2.29. The second kappa shape index (κ2) is 5.50. The molecule has 0 aromatic carbocycles. The van der Waals surface area contributed by atoms with Crippen molar-refractivity contribution in [3.63, 3.8) is 0 Å². The van der Waals surface area contributed by atoms with Gasteiger partial charge in [0.2, 0.25) is 0 Å². The lowest BCUT2D eigenvalue weighted by Crippen LogP contribution is -2.47. The maximum Gasteiger partial charge on any atom is 0.159 e. The van der Waals surface area contributed by atoms with Crippen LogP contribution in [0.1, 0.15) is 33.1 Å². The first-order chi connectivity index (χ1) is 8.09. The van der Waals surface area contributed by atoms with E-state index in [1.165, 1.54) is 25.6 Å². The molecule has 2 heterocycles. The quantitative estimate of drug-likeness (QED) is 0.847. The van der Waals surface area contributed by atoms with Gasteiger partial charge in [-0.05, 0) is 42.6 Å². The van der Waals surface area contributed by atoms with Gasteiger partial charge in [-0.2, -0.15) is 0 Å². The van der Waals surface area contributed by atoms with Crippen molar-refractivity contribution in [1.82, 2.24) is 15.0 Å². The molecule has 0 bridgehead atoms. The van der Waals surface area contributed by atoms with Gasteiger partial charge in [-0.15, -0.1) is 0 Å². The van der Waals surface area contributed by atoms with Crippen molar-refractivity contribution in [2.45, 2.75) is 45.2 Å². The van der Waals surface area contributed by atoms with E-state index in [1.54, 1.807) is 0 Å². The minimum absolute atomic E-state index is 0.430. The molecule has 1 fully saturated rings. The molecule has 0 saturated carbocycles. The highest BCUT2D eigenvalue weighted by Crippen LogP contribution is 2.29. The molecule has 0 amide bonds. The second-order valence-corrected chi connectivity index (χ2v) is 5.63. The third-order valence-corrected chi connectivity index (χ3v) is 4.44. The Labute approximate surface area is 115 Å². The molecule has 6 heteroatoms. The Balaban J connectivity index is 2.16. The van der Waals surface area contributed by atoms with E-state index in [9.17, 15) is 0 Å². The van der Waals surface area contributed by atoms with Crippen LogP contribution < -0.4 is 5.43 Å². The maximum absolute atomic E-state index is 5.95. The van der Waals surface area contributed by atoms with Gasteiger partial charge in [0, 0.05) is 12.1 Å². The van der Waals surface area contributed by atoms with Gasteiger partial charge in [-0.25, -0.2) is 15.0 Å². The molecule has 1 aliphatic rings. The molecular formula is C11H16BrClN4. The summed E-state index contributed by atoms with van der Waals surface area (Å²) in [6.45, 7) is 4.44. The first kappa shape index (κ1) is 13.1. The van der Waals surface area contributed by atoms with Crippen molar-refractivity contribution in [1.29, 1.82) is 0 Å². The SMILES string of the molecule is CC1CCCC(C)N1Nc1ncnc(Cl)c1Br. The highest BCUT2D eigenvalue weighted by molar-refractivity contribution is 9.10. The molecule has 2 rings (SSSR count). The number of hydrazine groups is 1. The Hall–Kier alpha value is -0.390. The predicted molar refractivity (Wildman–Crippen MR) is 73.0 cm³/mol. The fourth-order valence-electron chi connectivity index (χ4n) is 2.19. The van der Waals surface area contributed by atoms with Gasteiger partial charge in [-0.3, -0.25) is 0 Å². The van der Waals surface area contributed by atoms with Crippen LogP contribution in [0.25, 0.3) is 0 Å². The van der Waals surface area contributed by atoms with E-state index < -0.39 is 0 Å². The molecular weight excluding hydrogens is 304 g/mol. The van der Waals surface area contributed by atoms with Gasteiger partial charge < -0.3 is 5.43 Å². The standard InChI is InChI=1S/C11H16BrClN4/c1-7-4-3-5-8(2)17(7)16-11-9(12)10(13)14-6-15-11/h6-8H,3-5H2,1-2H3,(H,14,15,16). The molecule has 17 heavy (non-hydrogen) atoms. The first-order valence-corrected chi connectivity index (χ1v) is 6.97. The van der Waals surface area contributed by atoms with E-state index in [0.717, 1.165) is 5.82 Å². The van der Waals surface area contributed by atoms with Crippen molar-refractivity contribution in [2.24, 2.45) is 0 Å². The number of aromatic nitrogens is 2. The zero-order chi connectivity index (χ0) is 12.4. The van der Waals surface area contributed by atoms with Crippen molar-refractivity contribution >= 4 is 33.3 Å². The van der Waals surface area contributed by atoms with E-state index in [1.807, 2.05) is 0 Å². The van der Waals surface area contributed by atoms with Crippen molar-refractivity contribution in [3.05, 3.63) is 16.0 Å². The Morgan fingerprint density at radius 1 is 1.35 bits per heavy atom. The molecule has 2 atom stereocenters. The molecule has 2 unspecified atom stereocenters. The summed E-state index contributed by atoms with van der Waals surface area (Å²) in [5.74, 6) is 0.727. The van der Waals surface area contributed by atoms with Crippen LogP contribution in [0.4, 0.5) is 5.82 Å². The third-order valence-electron chi connectivity index (χ3n) is 3.18. The van der Waals surface area contributed by atoms with Crippen LogP contribution in [0, 0.1) is 0 Å². The van der Waals surface area contributed by atoms with Crippen LogP contribution in [-0.4, -0.2) is 27.1 Å². The van der Waals surface area contributed by atoms with Gasteiger partial charge in [0.1, 0.15) is 11.5 Å². The highest BCUT2D eigenvalue weighted by Gasteiger charge is 2.25. The molecule has 1 aliphatic heterocycles. The van der Waals surface area contributed by atoms with Crippen molar-refractivity contribution in [2.75, 3.05) is 5.43 Å². The molecule has 1 N–H and O–H groups in total. The molecule has 0 spiro atoms. The monoisotopic (exact) mass is 318 g/mol. The van der Waals surface area contributed by atoms with Crippen molar-refractivity contribution < 1.29 is 0 Å². The van der Waals surface area contributed by atoms with E-state index in [2.05, 4.69) is 50.2 Å². The van der Waals surface area contributed by atoms with Crippen LogP contribution in [0.3, 0.4) is 0 Å². The summed E-state index contributed by atoms with van der Waals surface area (Å²) >= 11 is 9.35. The van der Waals surface area contributed by atoms with Gasteiger partial charge in [0.15, 0.2) is 5.82 Å². The Morgan fingerprint density at radius 2 is 2.00 bits per heavy atom. The molecule has 0 radical (unpaired) electrons. The molecule has 1 aromatic rings. The van der Waals surface area contributed by atoms with Crippen LogP contribution in [0.2, 0.25) is 5.15 Å². The highest BCUT2D eigenvalue weighted by atomic mass is 79.9. The third kappa shape index (κ3) is 2.89.